The first-order chi connectivity index (χ1) is 9.65. The van der Waals surface area contributed by atoms with E-state index in [0.717, 1.165) is 11.3 Å². The lowest BCUT2D eigenvalue weighted by atomic mass is 10.1. The molecule has 4 nitrogen and oxygen atoms in total. The topological polar surface area (TPSA) is 43.4 Å². The van der Waals surface area contributed by atoms with Gasteiger partial charge in [-0.15, -0.1) is 0 Å². The zero-order valence-electron chi connectivity index (χ0n) is 11.7. The average Bonchev–Trinajstić information content (AvgIpc) is 2.49. The van der Waals surface area contributed by atoms with Crippen molar-refractivity contribution in [2.75, 3.05) is 19.5 Å². The lowest BCUT2D eigenvalue weighted by Gasteiger charge is -2.19. The van der Waals surface area contributed by atoms with Gasteiger partial charge < -0.3 is 14.8 Å². The normalized spacial score (nSPS) is 11.8. The van der Waals surface area contributed by atoms with E-state index in [0.29, 0.717) is 16.5 Å². The van der Waals surface area contributed by atoms with E-state index < -0.39 is 0 Å². The van der Waals surface area contributed by atoms with Crippen LogP contribution in [0, 0.1) is 0 Å². The van der Waals surface area contributed by atoms with Gasteiger partial charge in [0.15, 0.2) is 0 Å². The molecule has 0 fully saturated rings. The highest BCUT2D eigenvalue weighted by atomic mass is 35.5. The van der Waals surface area contributed by atoms with Crippen LogP contribution in [0.15, 0.2) is 36.7 Å². The van der Waals surface area contributed by atoms with Gasteiger partial charge in [-0.3, -0.25) is 4.98 Å². The Hall–Kier alpha value is -1.94. The Morgan fingerprint density at radius 2 is 1.95 bits per heavy atom. The molecule has 1 atom stereocenters. The average molecular weight is 293 g/mol. The van der Waals surface area contributed by atoms with E-state index in [2.05, 4.69) is 17.2 Å². The molecule has 2 aromatic rings. The van der Waals surface area contributed by atoms with Crippen molar-refractivity contribution in [1.82, 2.24) is 4.98 Å². The van der Waals surface area contributed by atoms with Crippen LogP contribution in [0.25, 0.3) is 0 Å². The summed E-state index contributed by atoms with van der Waals surface area (Å²) < 4.78 is 10.6. The Kier molecular flexibility index (Phi) is 4.69. The van der Waals surface area contributed by atoms with Gasteiger partial charge in [-0.2, -0.15) is 0 Å². The van der Waals surface area contributed by atoms with Crippen LogP contribution in [0.5, 0.6) is 11.5 Å². The summed E-state index contributed by atoms with van der Waals surface area (Å²) in [6.07, 6.45) is 3.58. The molecule has 0 saturated carbocycles. The number of methoxy groups -OCH3 is 2. The van der Waals surface area contributed by atoms with Crippen molar-refractivity contribution in [1.29, 1.82) is 0 Å². The molecule has 0 bridgehead atoms. The largest absolute Gasteiger partial charge is 0.495 e. The first kappa shape index (κ1) is 14.5. The van der Waals surface area contributed by atoms with Crippen LogP contribution >= 0.6 is 11.6 Å². The Balaban J connectivity index is 2.28. The maximum atomic E-state index is 6.09. The van der Waals surface area contributed by atoms with E-state index >= 15 is 0 Å². The zero-order chi connectivity index (χ0) is 14.5. The Bertz CT molecular complexity index is 576. The Labute approximate surface area is 123 Å². The minimum Gasteiger partial charge on any atom is -0.495 e. The van der Waals surface area contributed by atoms with Crippen LogP contribution in [0.4, 0.5) is 5.69 Å². The van der Waals surface area contributed by atoms with Crippen molar-refractivity contribution >= 4 is 17.3 Å². The molecule has 106 valence electrons. The van der Waals surface area contributed by atoms with Gasteiger partial charge in [0.1, 0.15) is 11.5 Å². The van der Waals surface area contributed by atoms with Crippen LogP contribution in [-0.4, -0.2) is 19.2 Å². The Morgan fingerprint density at radius 3 is 2.55 bits per heavy atom. The van der Waals surface area contributed by atoms with Gasteiger partial charge in [-0.05, 0) is 18.6 Å². The number of rotatable bonds is 5. The number of halogens is 1. The third-order valence-corrected chi connectivity index (χ3v) is 3.33. The van der Waals surface area contributed by atoms with Crippen LogP contribution in [-0.2, 0) is 0 Å². The second-order valence-electron chi connectivity index (χ2n) is 4.34. The number of hydrogen-bond acceptors (Lipinski definition) is 4. The summed E-state index contributed by atoms with van der Waals surface area (Å²) in [6, 6.07) is 7.58. The molecule has 0 aliphatic carbocycles. The summed E-state index contributed by atoms with van der Waals surface area (Å²) in [4.78, 5) is 4.12. The van der Waals surface area contributed by atoms with Gasteiger partial charge in [-0.1, -0.05) is 17.7 Å². The van der Waals surface area contributed by atoms with Gasteiger partial charge in [-0.25, -0.2) is 0 Å². The molecule has 0 aliphatic heterocycles. The number of benzene rings is 1. The molecule has 1 heterocycles. The van der Waals surface area contributed by atoms with E-state index in [-0.39, 0.29) is 6.04 Å². The van der Waals surface area contributed by atoms with Crippen molar-refractivity contribution in [2.24, 2.45) is 0 Å². The molecule has 0 aliphatic rings. The van der Waals surface area contributed by atoms with Crippen molar-refractivity contribution in [2.45, 2.75) is 13.0 Å². The fourth-order valence-electron chi connectivity index (χ4n) is 1.92. The molecule has 1 aromatic heterocycles. The lowest BCUT2D eigenvalue weighted by Crippen LogP contribution is -2.08. The standard InChI is InChI=1S/C15H17ClN2O2/c1-10(11-5-4-6-17-9-11)18-13-8-14(19-2)12(16)7-15(13)20-3/h4-10,18H,1-3H3. The molecule has 0 amide bonds. The monoisotopic (exact) mass is 292 g/mol. The fourth-order valence-corrected chi connectivity index (χ4v) is 2.15. The lowest BCUT2D eigenvalue weighted by molar-refractivity contribution is 0.404. The van der Waals surface area contributed by atoms with Crippen LogP contribution < -0.4 is 14.8 Å². The van der Waals surface area contributed by atoms with E-state index in [4.69, 9.17) is 21.1 Å². The van der Waals surface area contributed by atoms with Crippen molar-refractivity contribution in [3.63, 3.8) is 0 Å². The summed E-state index contributed by atoms with van der Waals surface area (Å²) in [6.45, 7) is 2.05. The molecule has 1 aromatic carbocycles. The van der Waals surface area contributed by atoms with Gasteiger partial charge >= 0.3 is 0 Å². The molecule has 5 heteroatoms. The molecular formula is C15H17ClN2O2. The Morgan fingerprint density at radius 1 is 1.20 bits per heavy atom. The second-order valence-corrected chi connectivity index (χ2v) is 4.75. The molecule has 1 unspecified atom stereocenters. The number of nitrogens with one attached hydrogen (secondary N) is 1. The summed E-state index contributed by atoms with van der Waals surface area (Å²) in [5, 5.41) is 3.89. The molecular weight excluding hydrogens is 276 g/mol. The maximum Gasteiger partial charge on any atom is 0.143 e. The van der Waals surface area contributed by atoms with Gasteiger partial charge in [0.05, 0.1) is 31.0 Å². The van der Waals surface area contributed by atoms with Crippen LogP contribution in [0.3, 0.4) is 0 Å². The van der Waals surface area contributed by atoms with E-state index in [1.807, 2.05) is 24.4 Å². The molecule has 0 radical (unpaired) electrons. The summed E-state index contributed by atoms with van der Waals surface area (Å²) in [5.74, 6) is 1.28. The number of pyridine rings is 1. The molecule has 20 heavy (non-hydrogen) atoms. The number of ether oxygens (including phenoxy) is 2. The van der Waals surface area contributed by atoms with Crippen molar-refractivity contribution in [3.05, 3.63) is 47.2 Å². The minimum absolute atomic E-state index is 0.0866. The minimum atomic E-state index is 0.0866. The molecule has 2 rings (SSSR count). The van der Waals surface area contributed by atoms with Crippen molar-refractivity contribution < 1.29 is 9.47 Å². The highest BCUT2D eigenvalue weighted by molar-refractivity contribution is 6.32. The molecule has 1 N–H and O–H groups in total. The number of anilines is 1. The van der Waals surface area contributed by atoms with Crippen LogP contribution in [0.2, 0.25) is 5.02 Å². The van der Waals surface area contributed by atoms with E-state index in [1.54, 1.807) is 26.5 Å². The first-order valence-corrected chi connectivity index (χ1v) is 6.61. The third kappa shape index (κ3) is 3.14. The zero-order valence-corrected chi connectivity index (χ0v) is 12.4. The predicted octanol–water partition coefficient (Wildman–Crippen LogP) is 3.93. The highest BCUT2D eigenvalue weighted by Gasteiger charge is 2.13. The quantitative estimate of drug-likeness (QED) is 0.907. The van der Waals surface area contributed by atoms with Gasteiger partial charge in [0, 0.05) is 24.5 Å². The maximum absolute atomic E-state index is 6.09. The molecule has 0 saturated heterocycles. The summed E-state index contributed by atoms with van der Waals surface area (Å²) >= 11 is 6.09. The number of nitrogens with zero attached hydrogens (tertiary/aromatic N) is 1. The van der Waals surface area contributed by atoms with E-state index in [9.17, 15) is 0 Å². The first-order valence-electron chi connectivity index (χ1n) is 6.23. The van der Waals surface area contributed by atoms with Gasteiger partial charge in [0.2, 0.25) is 0 Å². The smallest absolute Gasteiger partial charge is 0.143 e. The SMILES string of the molecule is COc1cc(NC(C)c2cccnc2)c(OC)cc1Cl. The summed E-state index contributed by atoms with van der Waals surface area (Å²) in [5.41, 5.74) is 1.91. The van der Waals surface area contributed by atoms with Crippen molar-refractivity contribution in [3.8, 4) is 11.5 Å². The summed E-state index contributed by atoms with van der Waals surface area (Å²) in [7, 11) is 3.19. The highest BCUT2D eigenvalue weighted by Crippen LogP contribution is 2.37. The van der Waals surface area contributed by atoms with Crippen LogP contribution in [0.1, 0.15) is 18.5 Å². The van der Waals surface area contributed by atoms with E-state index in [1.165, 1.54) is 0 Å². The fraction of sp³-hybridized carbons (Fsp3) is 0.267. The predicted molar refractivity (Wildman–Crippen MR) is 80.8 cm³/mol. The number of hydrogen-bond donors (Lipinski definition) is 1. The third-order valence-electron chi connectivity index (χ3n) is 3.03. The molecule has 0 spiro atoms. The number of aromatic nitrogens is 1. The second kappa shape index (κ2) is 6.48. The van der Waals surface area contributed by atoms with Gasteiger partial charge in [0.25, 0.3) is 0 Å².